The van der Waals surface area contributed by atoms with Gasteiger partial charge in [-0.2, -0.15) is 0 Å². The van der Waals surface area contributed by atoms with Gasteiger partial charge in [0.05, 0.1) is 5.57 Å². The number of carbonyl (C=O) groups is 1. The van der Waals surface area contributed by atoms with Crippen molar-refractivity contribution >= 4 is 17.6 Å². The van der Waals surface area contributed by atoms with Crippen LogP contribution in [-0.2, 0) is 24.4 Å². The number of hydrogen-bond donors (Lipinski definition) is 1. The van der Waals surface area contributed by atoms with Crippen molar-refractivity contribution < 1.29 is 9.90 Å². The van der Waals surface area contributed by atoms with Gasteiger partial charge in [-0.05, 0) is 55.3 Å². The van der Waals surface area contributed by atoms with E-state index < -0.39 is 5.97 Å². The molecule has 0 spiro atoms. The first-order valence-corrected chi connectivity index (χ1v) is 13.6. The fourth-order valence-electron chi connectivity index (χ4n) is 5.18. The Hall–Kier alpha value is -2.64. The van der Waals surface area contributed by atoms with E-state index in [1.54, 1.807) is 6.08 Å². The van der Waals surface area contributed by atoms with E-state index in [4.69, 9.17) is 11.6 Å². The van der Waals surface area contributed by atoms with Gasteiger partial charge in [0.25, 0.3) is 0 Å². The second kappa shape index (κ2) is 12.7. The molecule has 2 heterocycles. The molecule has 6 nitrogen and oxygen atoms in total. The van der Waals surface area contributed by atoms with Crippen LogP contribution in [0.2, 0.25) is 5.02 Å². The maximum atomic E-state index is 11.9. The molecule has 2 aliphatic rings. The Morgan fingerprint density at radius 1 is 1.03 bits per heavy atom. The number of halogens is 1. The molecule has 0 aromatic heterocycles. The number of aliphatic carboxylic acids is 1. The van der Waals surface area contributed by atoms with Crippen LogP contribution in [0, 0.1) is 0 Å². The maximum absolute atomic E-state index is 11.9. The fourth-order valence-corrected chi connectivity index (χ4v) is 5.37. The molecular formula is C30H39ClN4O2. The average Bonchev–Trinajstić information content (AvgIpc) is 2.90. The van der Waals surface area contributed by atoms with Crippen LogP contribution < -0.4 is 0 Å². The van der Waals surface area contributed by atoms with Crippen LogP contribution in [0.15, 0.2) is 72.5 Å². The Bertz CT molecular complexity index is 1110. The molecular weight excluding hydrogens is 484 g/mol. The van der Waals surface area contributed by atoms with Crippen molar-refractivity contribution in [2.24, 2.45) is 0 Å². The van der Waals surface area contributed by atoms with Gasteiger partial charge in [0.1, 0.15) is 6.17 Å². The molecule has 1 atom stereocenters. The fraction of sp³-hybridized carbons (Fsp3) is 0.433. The molecule has 37 heavy (non-hydrogen) atoms. The summed E-state index contributed by atoms with van der Waals surface area (Å²) in [7, 11) is 0. The van der Waals surface area contributed by atoms with Crippen molar-refractivity contribution in [1.29, 1.82) is 0 Å². The van der Waals surface area contributed by atoms with Crippen molar-refractivity contribution in [3.8, 4) is 0 Å². The standard InChI is InChI=1S/C30H39ClN4O2/c1-4-32(22-26-8-5-6-10-28(26)31)20-24-11-13-25(14-12-24)21-33-16-18-34(19-17-33)29-27(30(36)37)9-7-15-35(29)23(2)3/h5-15,23,29H,4,16-22H2,1-3H3,(H,36,37). The van der Waals surface area contributed by atoms with Crippen molar-refractivity contribution in [3.63, 3.8) is 0 Å². The smallest absolute Gasteiger partial charge is 0.335 e. The lowest BCUT2D eigenvalue weighted by Gasteiger charge is -2.46. The molecule has 0 radical (unpaired) electrons. The average molecular weight is 523 g/mol. The lowest BCUT2D eigenvalue weighted by molar-refractivity contribution is -0.134. The van der Waals surface area contributed by atoms with E-state index in [-0.39, 0.29) is 12.2 Å². The van der Waals surface area contributed by atoms with E-state index >= 15 is 0 Å². The largest absolute Gasteiger partial charge is 0.478 e. The van der Waals surface area contributed by atoms with Gasteiger partial charge in [-0.3, -0.25) is 14.7 Å². The minimum Gasteiger partial charge on any atom is -0.478 e. The topological polar surface area (TPSA) is 50.3 Å². The zero-order valence-electron chi connectivity index (χ0n) is 22.2. The van der Waals surface area contributed by atoms with Gasteiger partial charge >= 0.3 is 5.97 Å². The zero-order chi connectivity index (χ0) is 26.4. The Labute approximate surface area is 226 Å². The van der Waals surface area contributed by atoms with E-state index in [0.717, 1.165) is 62.9 Å². The summed E-state index contributed by atoms with van der Waals surface area (Å²) in [6.45, 7) is 13.5. The number of benzene rings is 2. The molecule has 4 rings (SSSR count). The third-order valence-electron chi connectivity index (χ3n) is 7.32. The lowest BCUT2D eigenvalue weighted by atomic mass is 10.0. The predicted octanol–water partition coefficient (Wildman–Crippen LogP) is 5.05. The van der Waals surface area contributed by atoms with Crippen LogP contribution in [0.4, 0.5) is 0 Å². The van der Waals surface area contributed by atoms with E-state index in [1.165, 1.54) is 11.1 Å². The SMILES string of the molecule is CCN(Cc1ccc(CN2CCN(C3C(C(=O)O)=CC=CN3C(C)C)CC2)cc1)Cc1ccccc1Cl. The maximum Gasteiger partial charge on any atom is 0.335 e. The number of rotatable bonds is 10. The third-order valence-corrected chi connectivity index (χ3v) is 7.69. The van der Waals surface area contributed by atoms with Gasteiger partial charge in [0, 0.05) is 63.1 Å². The first kappa shape index (κ1) is 27.4. The summed E-state index contributed by atoms with van der Waals surface area (Å²) in [5.41, 5.74) is 4.22. The van der Waals surface area contributed by atoms with Crippen LogP contribution in [0.5, 0.6) is 0 Å². The molecule has 1 fully saturated rings. The molecule has 1 saturated heterocycles. The van der Waals surface area contributed by atoms with Crippen molar-refractivity contribution in [2.45, 2.75) is 52.6 Å². The summed E-state index contributed by atoms with van der Waals surface area (Å²) < 4.78 is 0. The molecule has 2 aromatic rings. The van der Waals surface area contributed by atoms with Crippen LogP contribution in [0.3, 0.4) is 0 Å². The van der Waals surface area contributed by atoms with Gasteiger partial charge in [0.2, 0.25) is 0 Å². The molecule has 1 unspecified atom stereocenters. The minimum absolute atomic E-state index is 0.212. The van der Waals surface area contributed by atoms with Gasteiger partial charge in [0.15, 0.2) is 0 Å². The lowest BCUT2D eigenvalue weighted by Crippen LogP contribution is -2.57. The van der Waals surface area contributed by atoms with E-state index in [0.29, 0.717) is 5.57 Å². The summed E-state index contributed by atoms with van der Waals surface area (Å²) in [6.07, 6.45) is 5.39. The van der Waals surface area contributed by atoms with Crippen LogP contribution in [0.25, 0.3) is 0 Å². The van der Waals surface area contributed by atoms with Crippen LogP contribution in [-0.4, -0.2) is 75.6 Å². The Balaban J connectivity index is 1.31. The number of carboxylic acids is 1. The number of nitrogens with zero attached hydrogens (tertiary/aromatic N) is 4. The quantitative estimate of drug-likeness (QED) is 0.471. The summed E-state index contributed by atoms with van der Waals surface area (Å²) >= 11 is 6.37. The minimum atomic E-state index is -0.837. The summed E-state index contributed by atoms with van der Waals surface area (Å²) in [4.78, 5) is 21.3. The molecule has 1 N–H and O–H groups in total. The van der Waals surface area contributed by atoms with E-state index in [2.05, 4.69) is 70.7 Å². The van der Waals surface area contributed by atoms with Gasteiger partial charge in [-0.1, -0.05) is 61.0 Å². The molecule has 7 heteroatoms. The number of allylic oxidation sites excluding steroid dienone is 2. The Morgan fingerprint density at radius 3 is 2.32 bits per heavy atom. The second-order valence-electron chi connectivity index (χ2n) is 10.2. The van der Waals surface area contributed by atoms with Crippen molar-refractivity contribution in [2.75, 3.05) is 32.7 Å². The highest BCUT2D eigenvalue weighted by atomic mass is 35.5. The van der Waals surface area contributed by atoms with Gasteiger partial charge < -0.3 is 10.0 Å². The molecule has 0 aliphatic carbocycles. The Morgan fingerprint density at radius 2 is 1.70 bits per heavy atom. The van der Waals surface area contributed by atoms with E-state index in [9.17, 15) is 9.90 Å². The molecule has 2 aromatic carbocycles. The normalized spacial score (nSPS) is 19.0. The highest BCUT2D eigenvalue weighted by molar-refractivity contribution is 6.31. The molecule has 0 saturated carbocycles. The van der Waals surface area contributed by atoms with Crippen molar-refractivity contribution in [3.05, 3.63) is 94.2 Å². The number of carboxylic acid groups (broad SMARTS) is 1. The second-order valence-corrected chi connectivity index (χ2v) is 10.6. The summed E-state index contributed by atoms with van der Waals surface area (Å²) in [5.74, 6) is -0.837. The highest BCUT2D eigenvalue weighted by Gasteiger charge is 2.35. The predicted molar refractivity (Wildman–Crippen MR) is 150 cm³/mol. The zero-order valence-corrected chi connectivity index (χ0v) is 22.9. The van der Waals surface area contributed by atoms with E-state index in [1.807, 2.05) is 30.5 Å². The summed E-state index contributed by atoms with van der Waals surface area (Å²) in [6, 6.07) is 17.2. The van der Waals surface area contributed by atoms with Crippen LogP contribution in [0.1, 0.15) is 37.5 Å². The summed E-state index contributed by atoms with van der Waals surface area (Å²) in [5, 5.41) is 10.6. The molecule has 2 aliphatic heterocycles. The third kappa shape index (κ3) is 7.02. The van der Waals surface area contributed by atoms with Crippen molar-refractivity contribution in [1.82, 2.24) is 19.6 Å². The monoisotopic (exact) mass is 522 g/mol. The highest BCUT2D eigenvalue weighted by Crippen LogP contribution is 2.25. The van der Waals surface area contributed by atoms with Gasteiger partial charge in [-0.25, -0.2) is 4.79 Å². The molecule has 198 valence electrons. The Kier molecular flexibility index (Phi) is 9.43. The first-order valence-electron chi connectivity index (χ1n) is 13.2. The molecule has 0 amide bonds. The molecule has 0 bridgehead atoms. The first-order chi connectivity index (χ1) is 17.9. The van der Waals surface area contributed by atoms with Crippen LogP contribution >= 0.6 is 11.6 Å². The number of hydrogen-bond acceptors (Lipinski definition) is 5. The number of piperazine rings is 1. The van der Waals surface area contributed by atoms with Gasteiger partial charge in [-0.15, -0.1) is 0 Å².